The lowest BCUT2D eigenvalue weighted by Gasteiger charge is -2.22. The van der Waals surface area contributed by atoms with E-state index in [2.05, 4.69) is 0 Å². The van der Waals surface area contributed by atoms with Gasteiger partial charge in [0.05, 0.1) is 0 Å². The van der Waals surface area contributed by atoms with E-state index < -0.39 is 10.0 Å². The SMILES string of the molecule is CCN(CCc1ccccc1)C(=O)c1sccc1S(=O)(=O)N1CCCC1. The second-order valence-electron chi connectivity index (χ2n) is 6.35. The highest BCUT2D eigenvalue weighted by Gasteiger charge is 2.32. The van der Waals surface area contributed by atoms with Crippen LogP contribution in [0.2, 0.25) is 0 Å². The van der Waals surface area contributed by atoms with Crippen LogP contribution in [-0.4, -0.2) is 49.7 Å². The van der Waals surface area contributed by atoms with E-state index in [1.165, 1.54) is 15.6 Å². The summed E-state index contributed by atoms with van der Waals surface area (Å²) in [5, 5.41) is 1.70. The van der Waals surface area contributed by atoms with Crippen molar-refractivity contribution in [3.63, 3.8) is 0 Å². The number of likely N-dealkylation sites (N-methyl/N-ethyl adjacent to an activating group) is 1. The molecular formula is C19H24N2O3S2. The number of nitrogens with zero attached hydrogens (tertiary/aromatic N) is 2. The molecule has 1 aromatic heterocycles. The molecule has 0 spiro atoms. The molecule has 2 heterocycles. The van der Waals surface area contributed by atoms with E-state index in [0.29, 0.717) is 31.1 Å². The number of sulfonamides is 1. The number of benzene rings is 1. The predicted molar refractivity (Wildman–Crippen MR) is 104 cm³/mol. The summed E-state index contributed by atoms with van der Waals surface area (Å²) in [4.78, 5) is 15.2. The minimum absolute atomic E-state index is 0.160. The summed E-state index contributed by atoms with van der Waals surface area (Å²) in [5.41, 5.74) is 1.16. The van der Waals surface area contributed by atoms with Gasteiger partial charge < -0.3 is 4.90 Å². The molecule has 0 aliphatic carbocycles. The highest BCUT2D eigenvalue weighted by molar-refractivity contribution is 7.89. The van der Waals surface area contributed by atoms with Gasteiger partial charge in [0, 0.05) is 26.2 Å². The second-order valence-corrected chi connectivity index (χ2v) is 9.17. The number of rotatable bonds is 7. The lowest BCUT2D eigenvalue weighted by molar-refractivity contribution is 0.0767. The average molecular weight is 393 g/mol. The number of hydrogen-bond donors (Lipinski definition) is 0. The van der Waals surface area contributed by atoms with Gasteiger partial charge in [0.15, 0.2) is 0 Å². The zero-order valence-electron chi connectivity index (χ0n) is 14.9. The predicted octanol–water partition coefficient (Wildman–Crippen LogP) is 3.24. The van der Waals surface area contributed by atoms with Gasteiger partial charge in [0.25, 0.3) is 5.91 Å². The molecule has 1 aromatic carbocycles. The third kappa shape index (κ3) is 4.00. The molecule has 2 aromatic rings. The van der Waals surface area contributed by atoms with Crippen LogP contribution >= 0.6 is 11.3 Å². The topological polar surface area (TPSA) is 57.7 Å². The molecule has 1 saturated heterocycles. The lowest BCUT2D eigenvalue weighted by atomic mass is 10.1. The van der Waals surface area contributed by atoms with Crippen LogP contribution < -0.4 is 0 Å². The zero-order valence-corrected chi connectivity index (χ0v) is 16.6. The van der Waals surface area contributed by atoms with Crippen LogP contribution in [0.4, 0.5) is 0 Å². The molecule has 0 N–H and O–H groups in total. The van der Waals surface area contributed by atoms with E-state index >= 15 is 0 Å². The number of thiophene rings is 1. The Hall–Kier alpha value is -1.70. The molecular weight excluding hydrogens is 368 g/mol. The molecule has 0 saturated carbocycles. The maximum absolute atomic E-state index is 13.0. The third-order valence-electron chi connectivity index (χ3n) is 4.69. The van der Waals surface area contributed by atoms with Crippen molar-refractivity contribution in [3.8, 4) is 0 Å². The molecule has 0 atom stereocenters. The van der Waals surface area contributed by atoms with Gasteiger partial charge in [-0.25, -0.2) is 8.42 Å². The lowest BCUT2D eigenvalue weighted by Crippen LogP contribution is -2.34. The van der Waals surface area contributed by atoms with E-state index in [-0.39, 0.29) is 10.8 Å². The molecule has 1 amide bonds. The Morgan fingerprint density at radius 2 is 1.85 bits per heavy atom. The first kappa shape index (κ1) is 19.1. The second kappa shape index (κ2) is 8.33. The van der Waals surface area contributed by atoms with Crippen LogP contribution in [0.5, 0.6) is 0 Å². The minimum atomic E-state index is -3.58. The Labute approximate surface area is 159 Å². The van der Waals surface area contributed by atoms with Crippen molar-refractivity contribution in [2.24, 2.45) is 0 Å². The molecule has 1 fully saturated rings. The highest BCUT2D eigenvalue weighted by atomic mass is 32.2. The van der Waals surface area contributed by atoms with Crippen molar-refractivity contribution in [3.05, 3.63) is 52.2 Å². The molecule has 1 aliphatic heterocycles. The van der Waals surface area contributed by atoms with E-state index in [0.717, 1.165) is 24.8 Å². The molecule has 0 bridgehead atoms. The molecule has 26 heavy (non-hydrogen) atoms. The van der Waals surface area contributed by atoms with Crippen molar-refractivity contribution in [1.82, 2.24) is 9.21 Å². The van der Waals surface area contributed by atoms with E-state index in [9.17, 15) is 13.2 Å². The van der Waals surface area contributed by atoms with Gasteiger partial charge >= 0.3 is 0 Å². The first-order chi connectivity index (χ1) is 12.5. The van der Waals surface area contributed by atoms with Crippen LogP contribution in [0.15, 0.2) is 46.7 Å². The van der Waals surface area contributed by atoms with E-state index in [4.69, 9.17) is 0 Å². The quantitative estimate of drug-likeness (QED) is 0.727. The molecule has 0 unspecified atom stereocenters. The van der Waals surface area contributed by atoms with Crippen molar-refractivity contribution in [2.45, 2.75) is 31.1 Å². The van der Waals surface area contributed by atoms with Crippen LogP contribution in [-0.2, 0) is 16.4 Å². The van der Waals surface area contributed by atoms with Gasteiger partial charge in [-0.1, -0.05) is 30.3 Å². The Kier molecular flexibility index (Phi) is 6.11. The smallest absolute Gasteiger partial charge is 0.265 e. The Balaban J connectivity index is 1.77. The van der Waals surface area contributed by atoms with Gasteiger partial charge in [-0.05, 0) is 43.2 Å². The maximum Gasteiger partial charge on any atom is 0.265 e. The summed E-state index contributed by atoms with van der Waals surface area (Å²) < 4.78 is 27.2. The van der Waals surface area contributed by atoms with Crippen molar-refractivity contribution >= 4 is 27.3 Å². The van der Waals surface area contributed by atoms with Gasteiger partial charge in [-0.2, -0.15) is 4.31 Å². The van der Waals surface area contributed by atoms with Crippen molar-refractivity contribution in [2.75, 3.05) is 26.2 Å². The fourth-order valence-electron chi connectivity index (χ4n) is 3.18. The fraction of sp³-hybridized carbons (Fsp3) is 0.421. The Morgan fingerprint density at radius 3 is 2.50 bits per heavy atom. The van der Waals surface area contributed by atoms with Crippen molar-refractivity contribution < 1.29 is 13.2 Å². The Morgan fingerprint density at radius 1 is 1.15 bits per heavy atom. The summed E-state index contributed by atoms with van der Waals surface area (Å²) in [7, 11) is -3.58. The van der Waals surface area contributed by atoms with E-state index in [1.807, 2.05) is 37.3 Å². The number of amides is 1. The molecule has 140 valence electrons. The van der Waals surface area contributed by atoms with Crippen LogP contribution in [0, 0.1) is 0 Å². The largest absolute Gasteiger partial charge is 0.338 e. The summed E-state index contributed by atoms with van der Waals surface area (Å²) in [6.45, 7) is 4.12. The maximum atomic E-state index is 13.0. The van der Waals surface area contributed by atoms with Gasteiger partial charge in [0.1, 0.15) is 9.77 Å². The number of carbonyl (C=O) groups is 1. The molecule has 3 rings (SSSR count). The minimum Gasteiger partial charge on any atom is -0.338 e. The van der Waals surface area contributed by atoms with Crippen LogP contribution in [0.1, 0.15) is 35.0 Å². The third-order valence-corrected chi connectivity index (χ3v) is 7.66. The standard InChI is InChI=1S/C19H24N2O3S2/c1-2-20(14-10-16-8-4-3-5-9-16)19(22)18-17(11-15-25-18)26(23,24)21-12-6-7-13-21/h3-5,8-9,11,15H,2,6-7,10,12-14H2,1H3. The first-order valence-corrected chi connectivity index (χ1v) is 11.3. The molecule has 5 nitrogen and oxygen atoms in total. The molecule has 7 heteroatoms. The van der Waals surface area contributed by atoms with E-state index in [1.54, 1.807) is 16.3 Å². The number of carbonyl (C=O) groups excluding carboxylic acids is 1. The normalized spacial score (nSPS) is 15.3. The summed E-state index contributed by atoms with van der Waals surface area (Å²) in [5.74, 6) is -0.198. The molecule has 0 radical (unpaired) electrons. The summed E-state index contributed by atoms with van der Waals surface area (Å²) in [6.07, 6.45) is 2.51. The van der Waals surface area contributed by atoms with Crippen molar-refractivity contribution in [1.29, 1.82) is 0 Å². The van der Waals surface area contributed by atoms with Gasteiger partial charge in [-0.3, -0.25) is 4.79 Å². The molecule has 1 aliphatic rings. The van der Waals surface area contributed by atoms with Gasteiger partial charge in [-0.15, -0.1) is 11.3 Å². The summed E-state index contributed by atoms with van der Waals surface area (Å²) in [6, 6.07) is 11.6. The fourth-order valence-corrected chi connectivity index (χ4v) is 6.06. The number of hydrogen-bond acceptors (Lipinski definition) is 4. The Bertz CT molecular complexity index is 841. The first-order valence-electron chi connectivity index (χ1n) is 8.95. The zero-order chi connectivity index (χ0) is 18.6. The van der Waals surface area contributed by atoms with Crippen LogP contribution in [0.3, 0.4) is 0 Å². The highest BCUT2D eigenvalue weighted by Crippen LogP contribution is 2.28. The monoisotopic (exact) mass is 392 g/mol. The van der Waals surface area contributed by atoms with Crippen LogP contribution in [0.25, 0.3) is 0 Å². The summed E-state index contributed by atoms with van der Waals surface area (Å²) >= 11 is 1.21. The average Bonchev–Trinajstić information content (AvgIpc) is 3.35. The van der Waals surface area contributed by atoms with Gasteiger partial charge in [0.2, 0.25) is 10.0 Å².